The minimum Gasteiger partial charge on any atom is -0.480 e. The van der Waals surface area contributed by atoms with Crippen molar-refractivity contribution >= 4 is 23.5 Å². The number of ether oxygens (including phenoxy) is 2. The van der Waals surface area contributed by atoms with Crippen LogP contribution in [0.3, 0.4) is 0 Å². The average molecular weight is 300 g/mol. The van der Waals surface area contributed by atoms with Gasteiger partial charge in [-0.15, -0.1) is 0 Å². The molecule has 5 nitrogen and oxygen atoms in total. The molecular formula is C14H18ClNO4. The summed E-state index contributed by atoms with van der Waals surface area (Å²) >= 11 is 5.87. The van der Waals surface area contributed by atoms with E-state index in [9.17, 15) is 9.59 Å². The first kappa shape index (κ1) is 16.3. The van der Waals surface area contributed by atoms with Gasteiger partial charge in [0.05, 0.1) is 5.02 Å². The second-order valence-electron chi connectivity index (χ2n) is 4.26. The number of hydrogen-bond acceptors (Lipinski definition) is 4. The summed E-state index contributed by atoms with van der Waals surface area (Å²) in [5.41, 5.74) is 0. The maximum Gasteiger partial charge on any atom is 0.344 e. The molecule has 6 heteroatoms. The molecule has 110 valence electrons. The third kappa shape index (κ3) is 5.93. The summed E-state index contributed by atoms with van der Waals surface area (Å²) in [5.74, 6) is -0.551. The zero-order valence-corrected chi connectivity index (χ0v) is 12.3. The van der Waals surface area contributed by atoms with Gasteiger partial charge in [0.25, 0.3) is 5.91 Å². The Morgan fingerprint density at radius 2 is 2.00 bits per heavy atom. The van der Waals surface area contributed by atoms with E-state index < -0.39 is 5.97 Å². The van der Waals surface area contributed by atoms with E-state index in [2.05, 4.69) is 5.32 Å². The predicted octanol–water partition coefficient (Wildman–Crippen LogP) is 2.18. The first-order valence-electron chi connectivity index (χ1n) is 6.35. The molecule has 0 spiro atoms. The van der Waals surface area contributed by atoms with Gasteiger partial charge in [-0.25, -0.2) is 4.79 Å². The van der Waals surface area contributed by atoms with Crippen LogP contribution in [0.4, 0.5) is 0 Å². The lowest BCUT2D eigenvalue weighted by molar-refractivity contribution is -0.150. The highest BCUT2D eigenvalue weighted by molar-refractivity contribution is 6.32. The van der Waals surface area contributed by atoms with E-state index in [4.69, 9.17) is 21.1 Å². The van der Waals surface area contributed by atoms with Crippen molar-refractivity contribution in [1.82, 2.24) is 5.32 Å². The van der Waals surface area contributed by atoms with E-state index in [1.54, 1.807) is 24.3 Å². The molecule has 0 saturated heterocycles. The molecule has 0 aromatic heterocycles. The molecule has 0 heterocycles. The molecule has 1 atom stereocenters. The van der Waals surface area contributed by atoms with E-state index in [0.717, 1.165) is 6.42 Å². The maximum atomic E-state index is 11.4. The molecule has 1 aromatic carbocycles. The number of benzene rings is 1. The molecule has 0 radical (unpaired) electrons. The van der Waals surface area contributed by atoms with Crippen molar-refractivity contribution in [3.05, 3.63) is 29.3 Å². The van der Waals surface area contributed by atoms with Gasteiger partial charge in [-0.1, -0.05) is 30.7 Å². The molecule has 0 bridgehead atoms. The van der Waals surface area contributed by atoms with Crippen molar-refractivity contribution in [3.63, 3.8) is 0 Å². The zero-order valence-electron chi connectivity index (χ0n) is 11.5. The average Bonchev–Trinajstić information content (AvgIpc) is 2.44. The number of amides is 1. The summed E-state index contributed by atoms with van der Waals surface area (Å²) in [5, 5.41) is 3.10. The highest BCUT2D eigenvalue weighted by atomic mass is 35.5. The fourth-order valence-corrected chi connectivity index (χ4v) is 1.50. The highest BCUT2D eigenvalue weighted by Gasteiger charge is 2.10. The second-order valence-corrected chi connectivity index (χ2v) is 4.66. The summed E-state index contributed by atoms with van der Waals surface area (Å²) in [6, 6.07) is 6.85. The molecule has 0 saturated carbocycles. The van der Waals surface area contributed by atoms with E-state index in [0.29, 0.717) is 10.8 Å². The van der Waals surface area contributed by atoms with Crippen LogP contribution in [-0.4, -0.2) is 31.1 Å². The largest absolute Gasteiger partial charge is 0.480 e. The van der Waals surface area contributed by atoms with Gasteiger partial charge < -0.3 is 14.8 Å². The van der Waals surface area contributed by atoms with Gasteiger partial charge in [0.2, 0.25) is 0 Å². The Hall–Kier alpha value is -1.75. The second kappa shape index (κ2) is 8.43. The van der Waals surface area contributed by atoms with Crippen LogP contribution >= 0.6 is 11.6 Å². The van der Waals surface area contributed by atoms with Gasteiger partial charge in [0.1, 0.15) is 5.75 Å². The first-order chi connectivity index (χ1) is 9.52. The lowest BCUT2D eigenvalue weighted by Crippen LogP contribution is -2.35. The van der Waals surface area contributed by atoms with Gasteiger partial charge >= 0.3 is 5.97 Å². The summed E-state index contributed by atoms with van der Waals surface area (Å²) in [4.78, 5) is 22.8. The van der Waals surface area contributed by atoms with E-state index in [-0.39, 0.29) is 25.2 Å². The van der Waals surface area contributed by atoms with Gasteiger partial charge in [-0.05, 0) is 25.5 Å². The van der Waals surface area contributed by atoms with Crippen LogP contribution in [0.2, 0.25) is 5.02 Å². The van der Waals surface area contributed by atoms with Gasteiger partial charge in [0.15, 0.2) is 13.2 Å². The molecular weight excluding hydrogens is 282 g/mol. The lowest BCUT2D eigenvalue weighted by Gasteiger charge is -2.11. The molecule has 1 rings (SSSR count). The maximum absolute atomic E-state index is 11.4. The Labute approximate surface area is 123 Å². The zero-order chi connectivity index (χ0) is 15.0. The SMILES string of the molecule is CC[C@H](C)NC(=O)COC(=O)COc1ccccc1Cl. The standard InChI is InChI=1S/C14H18ClNO4/c1-3-10(2)16-13(17)8-20-14(18)9-19-12-7-5-4-6-11(12)15/h4-7,10H,3,8-9H2,1-2H3,(H,16,17)/t10-/m0/s1. The van der Waals surface area contributed by atoms with Gasteiger partial charge in [0, 0.05) is 6.04 Å². The van der Waals surface area contributed by atoms with E-state index >= 15 is 0 Å². The number of esters is 1. The van der Waals surface area contributed by atoms with Crippen LogP contribution in [0.1, 0.15) is 20.3 Å². The Kier molecular flexibility index (Phi) is 6.87. The molecule has 20 heavy (non-hydrogen) atoms. The molecule has 0 fully saturated rings. The summed E-state index contributed by atoms with van der Waals surface area (Å²) in [6.45, 7) is 3.23. The van der Waals surface area contributed by atoms with Crippen LogP contribution in [0.5, 0.6) is 5.75 Å². The normalized spacial score (nSPS) is 11.6. The molecule has 1 amide bonds. The monoisotopic (exact) mass is 299 g/mol. The number of halogens is 1. The van der Waals surface area contributed by atoms with Crippen molar-refractivity contribution in [2.45, 2.75) is 26.3 Å². The molecule has 1 aromatic rings. The Bertz CT molecular complexity index is 464. The van der Waals surface area contributed by atoms with Crippen LogP contribution in [0.15, 0.2) is 24.3 Å². The van der Waals surface area contributed by atoms with Crippen molar-refractivity contribution in [2.24, 2.45) is 0 Å². The number of rotatable bonds is 7. The van der Waals surface area contributed by atoms with E-state index in [1.165, 1.54) is 0 Å². The lowest BCUT2D eigenvalue weighted by atomic mass is 10.2. The van der Waals surface area contributed by atoms with Gasteiger partial charge in [-0.3, -0.25) is 4.79 Å². The summed E-state index contributed by atoms with van der Waals surface area (Å²) < 4.78 is 9.99. The molecule has 0 aliphatic rings. The van der Waals surface area contributed by atoms with Crippen molar-refractivity contribution in [3.8, 4) is 5.75 Å². The number of carbonyl (C=O) groups excluding carboxylic acids is 2. The highest BCUT2D eigenvalue weighted by Crippen LogP contribution is 2.22. The van der Waals surface area contributed by atoms with Crippen LogP contribution in [0, 0.1) is 0 Å². The smallest absolute Gasteiger partial charge is 0.344 e. The number of carbonyl (C=O) groups is 2. The van der Waals surface area contributed by atoms with E-state index in [1.807, 2.05) is 13.8 Å². The predicted molar refractivity (Wildman–Crippen MR) is 75.8 cm³/mol. The third-order valence-corrected chi connectivity index (χ3v) is 2.88. The molecule has 1 N–H and O–H groups in total. The molecule has 0 aliphatic heterocycles. The molecule has 0 aliphatic carbocycles. The van der Waals surface area contributed by atoms with Crippen LogP contribution in [-0.2, 0) is 14.3 Å². The number of para-hydroxylation sites is 1. The third-order valence-electron chi connectivity index (χ3n) is 2.57. The van der Waals surface area contributed by atoms with Crippen LogP contribution in [0.25, 0.3) is 0 Å². The summed E-state index contributed by atoms with van der Waals surface area (Å²) in [7, 11) is 0. The Balaban J connectivity index is 2.27. The van der Waals surface area contributed by atoms with Crippen molar-refractivity contribution < 1.29 is 19.1 Å². The Morgan fingerprint density at radius 3 is 2.65 bits per heavy atom. The molecule has 0 unspecified atom stereocenters. The van der Waals surface area contributed by atoms with Crippen molar-refractivity contribution in [2.75, 3.05) is 13.2 Å². The quantitative estimate of drug-likeness (QED) is 0.784. The minimum absolute atomic E-state index is 0.0561. The number of nitrogens with one attached hydrogen (secondary N) is 1. The van der Waals surface area contributed by atoms with Crippen molar-refractivity contribution in [1.29, 1.82) is 0 Å². The van der Waals surface area contributed by atoms with Gasteiger partial charge in [-0.2, -0.15) is 0 Å². The Morgan fingerprint density at radius 1 is 1.30 bits per heavy atom. The number of hydrogen-bond donors (Lipinski definition) is 1. The fraction of sp³-hybridized carbons (Fsp3) is 0.429. The van der Waals surface area contributed by atoms with Crippen LogP contribution < -0.4 is 10.1 Å². The fourth-order valence-electron chi connectivity index (χ4n) is 1.30. The topological polar surface area (TPSA) is 64.6 Å². The first-order valence-corrected chi connectivity index (χ1v) is 6.73. The summed E-state index contributed by atoms with van der Waals surface area (Å²) in [6.07, 6.45) is 0.815. The minimum atomic E-state index is -0.621.